The number of alkyl halides is 3. The summed E-state index contributed by atoms with van der Waals surface area (Å²) in [5.41, 5.74) is -1.04. The van der Waals surface area contributed by atoms with Gasteiger partial charge in [0.1, 0.15) is 0 Å². The molecule has 25 heavy (non-hydrogen) atoms. The Labute approximate surface area is 146 Å². The van der Waals surface area contributed by atoms with Crippen molar-refractivity contribution in [3.8, 4) is 0 Å². The van der Waals surface area contributed by atoms with Crippen LogP contribution in [0.5, 0.6) is 0 Å². The lowest BCUT2D eigenvalue weighted by atomic mass is 9.85. The number of nitrogens with zero attached hydrogens (tertiary/aromatic N) is 1. The average molecular weight is 368 g/mol. The molecule has 3 nitrogen and oxygen atoms in total. The van der Waals surface area contributed by atoms with Crippen LogP contribution in [0.2, 0.25) is 5.02 Å². The number of imide groups is 1. The van der Waals surface area contributed by atoms with Gasteiger partial charge in [-0.15, -0.1) is 0 Å². The smallest absolute Gasteiger partial charge is 0.274 e. The zero-order valence-corrected chi connectivity index (χ0v) is 13.6. The highest BCUT2D eigenvalue weighted by Gasteiger charge is 2.73. The fraction of sp³-hybridized carbons (Fsp3) is 0.444. The van der Waals surface area contributed by atoms with E-state index in [1.807, 2.05) is 12.2 Å². The zero-order valence-electron chi connectivity index (χ0n) is 12.9. The molecule has 0 aromatic heterocycles. The van der Waals surface area contributed by atoms with Crippen LogP contribution in [0.4, 0.5) is 18.9 Å². The van der Waals surface area contributed by atoms with Crippen molar-refractivity contribution in [3.63, 3.8) is 0 Å². The van der Waals surface area contributed by atoms with Crippen LogP contribution in [-0.2, 0) is 15.8 Å². The maximum absolute atomic E-state index is 13.0. The second-order valence-corrected chi connectivity index (χ2v) is 7.80. The number of halogens is 4. The molecule has 3 aliphatic carbocycles. The monoisotopic (exact) mass is 367 g/mol. The van der Waals surface area contributed by atoms with Crippen molar-refractivity contribution in [2.75, 3.05) is 4.90 Å². The van der Waals surface area contributed by atoms with Crippen LogP contribution < -0.4 is 4.90 Å². The van der Waals surface area contributed by atoms with E-state index in [2.05, 4.69) is 0 Å². The van der Waals surface area contributed by atoms with Crippen LogP contribution in [0.1, 0.15) is 18.4 Å². The summed E-state index contributed by atoms with van der Waals surface area (Å²) in [6, 6.07) is 2.73. The molecular weight excluding hydrogens is 355 g/mol. The lowest BCUT2D eigenvalue weighted by Crippen LogP contribution is -2.35. The molecule has 1 heterocycles. The predicted molar refractivity (Wildman–Crippen MR) is 83.7 cm³/mol. The first-order valence-electron chi connectivity index (χ1n) is 8.18. The average Bonchev–Trinajstić information content (AvgIpc) is 3.13. The van der Waals surface area contributed by atoms with Crippen molar-refractivity contribution in [1.82, 2.24) is 0 Å². The van der Waals surface area contributed by atoms with Crippen LogP contribution in [0.15, 0.2) is 30.4 Å². The number of hydrogen-bond donors (Lipinski definition) is 0. The highest BCUT2D eigenvalue weighted by atomic mass is 35.5. The molecule has 0 radical (unpaired) electrons. The largest absolute Gasteiger partial charge is 0.416 e. The summed E-state index contributed by atoms with van der Waals surface area (Å²) in [7, 11) is 0. The van der Waals surface area contributed by atoms with Crippen molar-refractivity contribution in [1.29, 1.82) is 0 Å². The predicted octanol–water partition coefficient (Wildman–Crippen LogP) is 4.06. The molecule has 1 saturated heterocycles. The summed E-state index contributed by atoms with van der Waals surface area (Å²) in [5.74, 6) is -1.72. The number of hydrogen-bond acceptors (Lipinski definition) is 2. The maximum atomic E-state index is 13.0. The Balaban J connectivity index is 1.58. The van der Waals surface area contributed by atoms with Crippen LogP contribution in [-0.4, -0.2) is 11.8 Å². The van der Waals surface area contributed by atoms with Gasteiger partial charge in [0, 0.05) is 0 Å². The Hall–Kier alpha value is -1.82. The van der Waals surface area contributed by atoms with Gasteiger partial charge < -0.3 is 0 Å². The third-order valence-corrected chi connectivity index (χ3v) is 6.69. The number of allylic oxidation sites excluding steroid dienone is 2. The maximum Gasteiger partial charge on any atom is 0.416 e. The molecule has 130 valence electrons. The van der Waals surface area contributed by atoms with Crippen molar-refractivity contribution in [3.05, 3.63) is 40.9 Å². The van der Waals surface area contributed by atoms with Crippen molar-refractivity contribution < 1.29 is 22.8 Å². The Morgan fingerprint density at radius 2 is 1.60 bits per heavy atom. The van der Waals surface area contributed by atoms with E-state index in [-0.39, 0.29) is 28.0 Å². The molecule has 4 atom stereocenters. The number of benzene rings is 1. The van der Waals surface area contributed by atoms with Gasteiger partial charge in [-0.25, -0.2) is 4.90 Å². The summed E-state index contributed by atoms with van der Waals surface area (Å²) in [5, 5.41) is -0.0314. The molecule has 7 heteroatoms. The van der Waals surface area contributed by atoms with Crippen molar-refractivity contribution >= 4 is 29.1 Å². The third-order valence-electron chi connectivity index (χ3n) is 6.37. The molecule has 5 rings (SSSR count). The number of carbonyl (C=O) groups excluding carboxylic acids is 2. The highest BCUT2D eigenvalue weighted by Crippen LogP contribution is 2.73. The van der Waals surface area contributed by atoms with E-state index in [9.17, 15) is 22.8 Å². The number of anilines is 1. The molecular formula is C18H13ClF3NO2. The summed E-state index contributed by atoms with van der Waals surface area (Å²) >= 11 is 6.04. The molecule has 1 aromatic carbocycles. The number of amides is 2. The Morgan fingerprint density at radius 1 is 1.04 bits per heavy atom. The second-order valence-electron chi connectivity index (χ2n) is 7.40. The van der Waals surface area contributed by atoms with Gasteiger partial charge in [0.15, 0.2) is 0 Å². The Kier molecular flexibility index (Phi) is 2.76. The van der Waals surface area contributed by atoms with E-state index >= 15 is 0 Å². The lowest BCUT2D eigenvalue weighted by molar-refractivity contribution is -0.137. The molecule has 2 bridgehead atoms. The van der Waals surface area contributed by atoms with E-state index < -0.39 is 35.4 Å². The molecule has 2 amide bonds. The van der Waals surface area contributed by atoms with Gasteiger partial charge in [-0.3, -0.25) is 9.59 Å². The fourth-order valence-corrected chi connectivity index (χ4v) is 5.38. The van der Waals surface area contributed by atoms with E-state index in [1.165, 1.54) is 0 Å². The Morgan fingerprint density at radius 3 is 2.08 bits per heavy atom. The number of fused-ring (bicyclic) bond motifs is 3. The molecule has 2 saturated carbocycles. The van der Waals surface area contributed by atoms with Crippen molar-refractivity contribution in [2.45, 2.75) is 19.0 Å². The standard InChI is InChI=1S/C18H13ClF3NO2/c19-11-4-1-8(18(20,21)22)7-12(11)23-15(24)13-9-2-3-10(14(13)16(23)25)17(9)5-6-17/h1-4,7,9-10,13-14H,5-6H2/t9-,10+,13+,14-. The minimum atomic E-state index is -4.57. The summed E-state index contributed by atoms with van der Waals surface area (Å²) in [6.45, 7) is 0. The van der Waals surface area contributed by atoms with Crippen LogP contribution in [0.3, 0.4) is 0 Å². The van der Waals surface area contributed by atoms with E-state index in [1.54, 1.807) is 0 Å². The first kappa shape index (κ1) is 15.4. The minimum absolute atomic E-state index is 0.0218. The third kappa shape index (κ3) is 1.78. The SMILES string of the molecule is O=C1[C@@H]2[C@H](C(=O)N1c1cc(C(F)(F)F)ccc1Cl)[C@@H]1C=C[C@H]2C12CC2. The first-order chi connectivity index (χ1) is 11.8. The molecule has 0 unspecified atom stereocenters. The van der Waals surface area contributed by atoms with Crippen LogP contribution in [0.25, 0.3) is 0 Å². The number of carbonyl (C=O) groups is 2. The van der Waals surface area contributed by atoms with Crippen LogP contribution >= 0.6 is 11.6 Å². The normalized spacial score (nSPS) is 34.3. The molecule has 1 spiro atoms. The molecule has 4 aliphatic rings. The van der Waals surface area contributed by atoms with E-state index in [4.69, 9.17) is 11.6 Å². The summed E-state index contributed by atoms with van der Waals surface area (Å²) in [6.07, 6.45) is 1.47. The van der Waals surface area contributed by atoms with Gasteiger partial charge in [-0.2, -0.15) is 13.2 Å². The molecule has 1 aliphatic heterocycles. The molecule has 3 fully saturated rings. The fourth-order valence-electron chi connectivity index (χ4n) is 5.18. The van der Waals surface area contributed by atoms with E-state index in [0.29, 0.717) is 0 Å². The quantitative estimate of drug-likeness (QED) is 0.554. The van der Waals surface area contributed by atoms with Gasteiger partial charge in [0.2, 0.25) is 11.8 Å². The van der Waals surface area contributed by atoms with Gasteiger partial charge in [-0.1, -0.05) is 23.8 Å². The van der Waals surface area contributed by atoms with E-state index in [0.717, 1.165) is 35.9 Å². The van der Waals surface area contributed by atoms with Gasteiger partial charge >= 0.3 is 6.18 Å². The van der Waals surface area contributed by atoms with Crippen LogP contribution in [0, 0.1) is 29.1 Å². The first-order valence-corrected chi connectivity index (χ1v) is 8.56. The summed E-state index contributed by atoms with van der Waals surface area (Å²) in [4.78, 5) is 26.8. The van der Waals surface area contributed by atoms with Gasteiger partial charge in [-0.05, 0) is 48.3 Å². The topological polar surface area (TPSA) is 37.4 Å². The number of rotatable bonds is 1. The lowest BCUT2D eigenvalue weighted by Gasteiger charge is -2.23. The Bertz CT molecular complexity index is 824. The highest BCUT2D eigenvalue weighted by molar-refractivity contribution is 6.36. The zero-order chi connectivity index (χ0) is 17.7. The minimum Gasteiger partial charge on any atom is -0.274 e. The molecule has 1 aromatic rings. The van der Waals surface area contributed by atoms with Gasteiger partial charge in [0.05, 0.1) is 28.1 Å². The summed E-state index contributed by atoms with van der Waals surface area (Å²) < 4.78 is 39.0. The van der Waals surface area contributed by atoms with Crippen molar-refractivity contribution in [2.24, 2.45) is 29.1 Å². The second kappa shape index (κ2) is 4.47. The van der Waals surface area contributed by atoms with Gasteiger partial charge in [0.25, 0.3) is 0 Å². The molecule has 0 N–H and O–H groups in total.